The van der Waals surface area contributed by atoms with Gasteiger partial charge in [-0.25, -0.2) is 14.7 Å². The zero-order valence-electron chi connectivity index (χ0n) is 16.4. The molecule has 4 rings (SSSR count). The molecule has 0 saturated heterocycles. The maximum absolute atomic E-state index is 11.9. The molecule has 0 unspecified atom stereocenters. The minimum absolute atomic E-state index is 0.198. The van der Waals surface area contributed by atoms with Gasteiger partial charge in [0.1, 0.15) is 11.5 Å². The van der Waals surface area contributed by atoms with Crippen LogP contribution in [0.1, 0.15) is 5.56 Å². The summed E-state index contributed by atoms with van der Waals surface area (Å²) in [5, 5.41) is 12.0. The lowest BCUT2D eigenvalue weighted by atomic mass is 10.1. The van der Waals surface area contributed by atoms with Gasteiger partial charge in [0.2, 0.25) is 0 Å². The van der Waals surface area contributed by atoms with E-state index in [9.17, 15) is 9.90 Å². The topological polar surface area (TPSA) is 84.8 Å². The molecule has 2 heterocycles. The van der Waals surface area contributed by atoms with E-state index in [0.717, 1.165) is 32.5 Å². The third-order valence-corrected chi connectivity index (χ3v) is 5.75. The Hall–Kier alpha value is -3.65. The molecule has 0 bridgehead atoms. The molecule has 0 aliphatic rings. The van der Waals surface area contributed by atoms with Crippen LogP contribution in [0.4, 0.5) is 9.93 Å². The number of rotatable bonds is 6. The number of benzene rings is 2. The molecule has 30 heavy (non-hydrogen) atoms. The van der Waals surface area contributed by atoms with E-state index in [4.69, 9.17) is 9.47 Å². The van der Waals surface area contributed by atoms with Crippen LogP contribution in [0.3, 0.4) is 0 Å². The first-order valence-corrected chi connectivity index (χ1v) is 9.92. The van der Waals surface area contributed by atoms with Crippen LogP contribution in [0, 0.1) is 0 Å². The summed E-state index contributed by atoms with van der Waals surface area (Å²) in [6, 6.07) is 13.2. The molecule has 7 nitrogen and oxygen atoms in total. The number of hydrogen-bond donors (Lipinski definition) is 1. The quantitative estimate of drug-likeness (QED) is 0.468. The number of aromatic nitrogens is 2. The van der Waals surface area contributed by atoms with Gasteiger partial charge >= 0.3 is 6.09 Å². The third kappa shape index (κ3) is 3.90. The Kier molecular flexibility index (Phi) is 5.49. The van der Waals surface area contributed by atoms with Gasteiger partial charge in [-0.3, -0.25) is 4.98 Å². The van der Waals surface area contributed by atoms with E-state index < -0.39 is 6.09 Å². The molecule has 0 spiro atoms. The highest BCUT2D eigenvalue weighted by molar-refractivity contribution is 7.19. The van der Waals surface area contributed by atoms with E-state index >= 15 is 0 Å². The van der Waals surface area contributed by atoms with Crippen molar-refractivity contribution >= 4 is 33.3 Å². The van der Waals surface area contributed by atoms with Crippen molar-refractivity contribution < 1.29 is 19.4 Å². The molecule has 1 amide bonds. The summed E-state index contributed by atoms with van der Waals surface area (Å²) in [5.74, 6) is 1.41. The number of carbonyl (C=O) groups is 1. The predicted molar refractivity (Wildman–Crippen MR) is 117 cm³/mol. The molecule has 0 aliphatic heterocycles. The van der Waals surface area contributed by atoms with Crippen molar-refractivity contribution in [1.82, 2.24) is 9.97 Å². The Bertz CT molecular complexity index is 1190. The Balaban J connectivity index is 1.64. The summed E-state index contributed by atoms with van der Waals surface area (Å²) in [4.78, 5) is 22.5. The van der Waals surface area contributed by atoms with E-state index in [1.807, 2.05) is 30.3 Å². The first-order valence-electron chi connectivity index (χ1n) is 9.10. The summed E-state index contributed by atoms with van der Waals surface area (Å²) in [5.41, 5.74) is 1.78. The van der Waals surface area contributed by atoms with Gasteiger partial charge in [0.25, 0.3) is 0 Å². The highest BCUT2D eigenvalue weighted by Crippen LogP contribution is 2.35. The van der Waals surface area contributed by atoms with Gasteiger partial charge in [0, 0.05) is 23.2 Å². The number of anilines is 1. The van der Waals surface area contributed by atoms with E-state index in [1.54, 1.807) is 44.9 Å². The van der Waals surface area contributed by atoms with Gasteiger partial charge in [-0.1, -0.05) is 35.6 Å². The van der Waals surface area contributed by atoms with Crippen molar-refractivity contribution in [3.05, 3.63) is 66.6 Å². The van der Waals surface area contributed by atoms with Crippen LogP contribution in [0.25, 0.3) is 21.2 Å². The Morgan fingerprint density at radius 2 is 1.87 bits per heavy atom. The van der Waals surface area contributed by atoms with Crippen LogP contribution in [-0.4, -0.2) is 35.4 Å². The lowest BCUT2D eigenvalue weighted by molar-refractivity contribution is 0.201. The van der Waals surface area contributed by atoms with Gasteiger partial charge < -0.3 is 14.6 Å². The number of methoxy groups -OCH3 is 2. The fourth-order valence-corrected chi connectivity index (χ4v) is 4.01. The molecule has 0 fully saturated rings. The van der Waals surface area contributed by atoms with Gasteiger partial charge in [0.15, 0.2) is 5.13 Å². The predicted octanol–water partition coefficient (Wildman–Crippen LogP) is 5.06. The molecule has 2 aromatic carbocycles. The number of amides is 1. The Morgan fingerprint density at radius 1 is 1.07 bits per heavy atom. The van der Waals surface area contributed by atoms with Gasteiger partial charge in [-0.15, -0.1) is 0 Å². The second-order valence-corrected chi connectivity index (χ2v) is 7.51. The molecule has 152 valence electrons. The van der Waals surface area contributed by atoms with Gasteiger partial charge in [-0.2, -0.15) is 0 Å². The highest BCUT2D eigenvalue weighted by atomic mass is 32.1. The first-order chi connectivity index (χ1) is 14.6. The number of nitrogens with zero attached hydrogens (tertiary/aromatic N) is 3. The molecule has 8 heteroatoms. The minimum Gasteiger partial charge on any atom is -0.497 e. The Morgan fingerprint density at radius 3 is 2.57 bits per heavy atom. The average molecular weight is 421 g/mol. The normalized spacial score (nSPS) is 10.7. The third-order valence-electron chi connectivity index (χ3n) is 4.68. The van der Waals surface area contributed by atoms with E-state index in [2.05, 4.69) is 9.97 Å². The van der Waals surface area contributed by atoms with Crippen LogP contribution < -0.4 is 14.4 Å². The van der Waals surface area contributed by atoms with Crippen molar-refractivity contribution in [1.29, 1.82) is 0 Å². The molecule has 0 saturated carbocycles. The molecule has 0 aliphatic carbocycles. The van der Waals surface area contributed by atoms with E-state index in [0.29, 0.717) is 10.9 Å². The number of carboxylic acid groups (broad SMARTS) is 1. The van der Waals surface area contributed by atoms with Crippen LogP contribution in [0.2, 0.25) is 0 Å². The summed E-state index contributed by atoms with van der Waals surface area (Å²) >= 11 is 1.32. The second kappa shape index (κ2) is 8.38. The number of ether oxygens (including phenoxy) is 2. The van der Waals surface area contributed by atoms with E-state index in [1.165, 1.54) is 16.2 Å². The lowest BCUT2D eigenvalue weighted by Crippen LogP contribution is -2.28. The molecule has 1 N–H and O–H groups in total. The molecule has 0 radical (unpaired) electrons. The second-order valence-electron chi connectivity index (χ2n) is 6.50. The fourth-order valence-electron chi connectivity index (χ4n) is 3.11. The van der Waals surface area contributed by atoms with Crippen LogP contribution in [0.5, 0.6) is 11.5 Å². The van der Waals surface area contributed by atoms with E-state index in [-0.39, 0.29) is 6.54 Å². The molecule has 0 atom stereocenters. The van der Waals surface area contributed by atoms with Crippen LogP contribution in [0.15, 0.2) is 61.1 Å². The fraction of sp³-hybridized carbons (Fsp3) is 0.136. The first kappa shape index (κ1) is 19.7. The maximum atomic E-state index is 11.9. The van der Waals surface area contributed by atoms with Crippen LogP contribution in [-0.2, 0) is 6.54 Å². The highest BCUT2D eigenvalue weighted by Gasteiger charge is 2.19. The van der Waals surface area contributed by atoms with Crippen LogP contribution >= 0.6 is 11.3 Å². The minimum atomic E-state index is -1.06. The smallest absolute Gasteiger partial charge is 0.413 e. The SMILES string of the molecule is COc1ccc(CN(C(=O)O)c2ncc(-c3ccc4cncc(OC)c4c3)s2)cc1. The standard InChI is InChI=1S/C22H19N3O4S/c1-28-17-7-3-14(4-8-17)13-25(22(26)27)21-24-12-20(30-21)15-5-6-16-10-23-11-19(29-2)18(16)9-15/h3-12H,13H2,1-2H3,(H,26,27). The summed E-state index contributed by atoms with van der Waals surface area (Å²) < 4.78 is 10.6. The van der Waals surface area contributed by atoms with Crippen molar-refractivity contribution in [3.8, 4) is 21.9 Å². The number of hydrogen-bond acceptors (Lipinski definition) is 6. The van der Waals surface area contributed by atoms with Crippen molar-refractivity contribution in [2.24, 2.45) is 0 Å². The van der Waals surface area contributed by atoms with Gasteiger partial charge in [-0.05, 0) is 29.3 Å². The largest absolute Gasteiger partial charge is 0.497 e. The summed E-state index contributed by atoms with van der Waals surface area (Å²) in [6.07, 6.45) is 4.09. The number of fused-ring (bicyclic) bond motifs is 1. The zero-order chi connectivity index (χ0) is 21.1. The molecular formula is C22H19N3O4S. The Labute approximate surface area is 177 Å². The van der Waals surface area contributed by atoms with Crippen molar-refractivity contribution in [2.75, 3.05) is 19.1 Å². The number of pyridine rings is 1. The monoisotopic (exact) mass is 421 g/mol. The van der Waals surface area contributed by atoms with Gasteiger partial charge in [0.05, 0.1) is 31.8 Å². The zero-order valence-corrected chi connectivity index (χ0v) is 17.2. The average Bonchev–Trinajstić information content (AvgIpc) is 3.26. The van der Waals surface area contributed by atoms with Crippen molar-refractivity contribution in [2.45, 2.75) is 6.54 Å². The molecule has 2 aromatic heterocycles. The maximum Gasteiger partial charge on any atom is 0.413 e. The lowest BCUT2D eigenvalue weighted by Gasteiger charge is -2.16. The number of thiazole rings is 1. The van der Waals surface area contributed by atoms with Crippen molar-refractivity contribution in [3.63, 3.8) is 0 Å². The summed E-state index contributed by atoms with van der Waals surface area (Å²) in [7, 11) is 3.20. The molecule has 4 aromatic rings. The summed E-state index contributed by atoms with van der Waals surface area (Å²) in [6.45, 7) is 0.198. The molecular weight excluding hydrogens is 402 g/mol.